The summed E-state index contributed by atoms with van der Waals surface area (Å²) in [7, 11) is 0. The molecule has 0 amide bonds. The third-order valence-corrected chi connectivity index (χ3v) is 2.32. The van der Waals surface area contributed by atoms with Gasteiger partial charge in [-0.3, -0.25) is 0 Å². The van der Waals surface area contributed by atoms with Crippen molar-refractivity contribution >= 4 is 0 Å². The molecule has 1 aromatic rings. The van der Waals surface area contributed by atoms with Crippen LogP contribution in [0.2, 0.25) is 0 Å². The highest BCUT2D eigenvalue weighted by Gasteiger charge is 2.23. The zero-order chi connectivity index (χ0) is 9.10. The van der Waals surface area contributed by atoms with E-state index in [1.165, 1.54) is 19.3 Å². The van der Waals surface area contributed by atoms with E-state index in [1.807, 2.05) is 0 Å². The van der Waals surface area contributed by atoms with Gasteiger partial charge in [0, 0.05) is 10.8 Å². The Balaban J connectivity index is 2.03. The molecule has 5 heteroatoms. The Kier molecular flexibility index (Phi) is 2.19. The highest BCUT2D eigenvalue weighted by molar-refractivity contribution is 5.01. The van der Waals surface area contributed by atoms with E-state index in [9.17, 15) is 0 Å². The molecule has 0 spiro atoms. The average Bonchev–Trinajstić information content (AvgIpc) is 2.46. The van der Waals surface area contributed by atoms with Gasteiger partial charge >= 0.3 is 0 Å². The molecule has 5 nitrogen and oxygen atoms in total. The summed E-state index contributed by atoms with van der Waals surface area (Å²) in [4.78, 5) is 6.80. The molecule has 0 bridgehead atoms. The number of hydrogen-bond acceptors (Lipinski definition) is 3. The number of hydrogen-bond donors (Lipinski definition) is 0. The smallest absolute Gasteiger partial charge is 0.197 e. The molecule has 1 fully saturated rings. The van der Waals surface area contributed by atoms with Gasteiger partial charge in [0.2, 0.25) is 0 Å². The first-order chi connectivity index (χ1) is 6.40. The Bertz CT molecular complexity index is 336. The van der Waals surface area contributed by atoms with Gasteiger partial charge in [0.25, 0.3) is 0 Å². The number of nitrogens with zero attached hydrogens (tertiary/aromatic N) is 4. The summed E-state index contributed by atoms with van der Waals surface area (Å²) in [5.74, 6) is 1.95. The topological polar surface area (TPSA) is 74.8 Å². The number of oxazole rings is 1. The summed E-state index contributed by atoms with van der Waals surface area (Å²) in [6.45, 7) is 0.260. The van der Waals surface area contributed by atoms with Crippen LogP contribution in [0.3, 0.4) is 0 Å². The maximum absolute atomic E-state index is 8.10. The van der Waals surface area contributed by atoms with Crippen molar-refractivity contribution in [1.29, 1.82) is 0 Å². The van der Waals surface area contributed by atoms with E-state index < -0.39 is 0 Å². The van der Waals surface area contributed by atoms with E-state index in [1.54, 1.807) is 6.20 Å². The standard InChI is InChI=1S/C8H10N4O/c9-12-11-5-7-4-10-8(13-7)6-2-1-3-6/h4,6H,1-3,5H2. The summed E-state index contributed by atoms with van der Waals surface area (Å²) in [6.07, 6.45) is 5.24. The van der Waals surface area contributed by atoms with Crippen LogP contribution in [0, 0.1) is 0 Å². The Morgan fingerprint density at radius 1 is 1.69 bits per heavy atom. The third kappa shape index (κ3) is 1.65. The molecular formula is C8H10N4O. The minimum atomic E-state index is 0.260. The van der Waals surface area contributed by atoms with E-state index in [2.05, 4.69) is 15.0 Å². The molecule has 1 aromatic heterocycles. The van der Waals surface area contributed by atoms with E-state index >= 15 is 0 Å². The van der Waals surface area contributed by atoms with Crippen LogP contribution in [-0.4, -0.2) is 4.98 Å². The molecule has 0 radical (unpaired) electrons. The van der Waals surface area contributed by atoms with Crippen molar-refractivity contribution in [2.75, 3.05) is 0 Å². The Morgan fingerprint density at radius 3 is 3.15 bits per heavy atom. The Labute approximate surface area is 75.4 Å². The number of azide groups is 1. The average molecular weight is 178 g/mol. The predicted octanol–water partition coefficient (Wildman–Crippen LogP) is 2.75. The zero-order valence-corrected chi connectivity index (χ0v) is 7.18. The fourth-order valence-corrected chi connectivity index (χ4v) is 1.34. The quantitative estimate of drug-likeness (QED) is 0.405. The van der Waals surface area contributed by atoms with Gasteiger partial charge in [0.05, 0.1) is 12.7 Å². The monoisotopic (exact) mass is 178 g/mol. The van der Waals surface area contributed by atoms with Crippen molar-refractivity contribution in [2.24, 2.45) is 5.11 Å². The molecular weight excluding hydrogens is 168 g/mol. The lowest BCUT2D eigenvalue weighted by Crippen LogP contribution is -2.08. The van der Waals surface area contributed by atoms with Gasteiger partial charge in [-0.25, -0.2) is 4.98 Å². The van der Waals surface area contributed by atoms with E-state index in [0.717, 1.165) is 5.89 Å². The highest BCUT2D eigenvalue weighted by Crippen LogP contribution is 2.35. The molecule has 1 saturated carbocycles. The van der Waals surface area contributed by atoms with Crippen LogP contribution in [0.5, 0.6) is 0 Å². The first kappa shape index (κ1) is 8.13. The number of aromatic nitrogens is 1. The third-order valence-electron chi connectivity index (χ3n) is 2.32. The normalized spacial score (nSPS) is 16.3. The molecule has 68 valence electrons. The molecule has 1 heterocycles. The number of rotatable bonds is 3. The molecule has 1 aliphatic carbocycles. The summed E-state index contributed by atoms with van der Waals surface area (Å²) in [6, 6.07) is 0. The fraction of sp³-hybridized carbons (Fsp3) is 0.625. The molecule has 0 aromatic carbocycles. The van der Waals surface area contributed by atoms with Crippen molar-refractivity contribution in [1.82, 2.24) is 4.98 Å². The molecule has 0 N–H and O–H groups in total. The first-order valence-corrected chi connectivity index (χ1v) is 4.35. The maximum atomic E-state index is 8.10. The summed E-state index contributed by atoms with van der Waals surface area (Å²) >= 11 is 0. The van der Waals surface area contributed by atoms with Crippen LogP contribution in [0.1, 0.15) is 36.8 Å². The maximum Gasteiger partial charge on any atom is 0.197 e. The lowest BCUT2D eigenvalue weighted by atomic mass is 9.85. The van der Waals surface area contributed by atoms with Crippen LogP contribution in [0.4, 0.5) is 0 Å². The first-order valence-electron chi connectivity index (χ1n) is 4.35. The lowest BCUT2D eigenvalue weighted by Gasteiger charge is -2.21. The van der Waals surface area contributed by atoms with Crippen molar-refractivity contribution in [2.45, 2.75) is 31.7 Å². The van der Waals surface area contributed by atoms with Crippen LogP contribution in [0.25, 0.3) is 10.4 Å². The van der Waals surface area contributed by atoms with E-state index in [-0.39, 0.29) is 6.54 Å². The molecule has 0 unspecified atom stereocenters. The lowest BCUT2D eigenvalue weighted by molar-refractivity contribution is 0.325. The summed E-state index contributed by atoms with van der Waals surface area (Å²) in [5.41, 5.74) is 8.10. The van der Waals surface area contributed by atoms with Crippen molar-refractivity contribution in [3.63, 3.8) is 0 Å². The Hall–Kier alpha value is -1.48. The SMILES string of the molecule is [N-]=[N+]=NCc1cnc(C2CCC2)o1. The minimum absolute atomic E-state index is 0.260. The highest BCUT2D eigenvalue weighted by atomic mass is 16.4. The van der Waals surface area contributed by atoms with Crippen molar-refractivity contribution in [3.05, 3.63) is 28.3 Å². The van der Waals surface area contributed by atoms with Crippen molar-refractivity contribution in [3.8, 4) is 0 Å². The van der Waals surface area contributed by atoms with Gasteiger partial charge in [0.1, 0.15) is 5.76 Å². The largest absolute Gasteiger partial charge is 0.445 e. The van der Waals surface area contributed by atoms with E-state index in [4.69, 9.17) is 9.95 Å². The fourth-order valence-electron chi connectivity index (χ4n) is 1.34. The summed E-state index contributed by atoms with van der Waals surface area (Å²) < 4.78 is 5.41. The molecule has 13 heavy (non-hydrogen) atoms. The van der Waals surface area contributed by atoms with Crippen LogP contribution in [-0.2, 0) is 6.54 Å². The predicted molar refractivity (Wildman–Crippen MR) is 45.9 cm³/mol. The van der Waals surface area contributed by atoms with Crippen LogP contribution < -0.4 is 0 Å². The van der Waals surface area contributed by atoms with Gasteiger partial charge in [-0.1, -0.05) is 11.5 Å². The summed E-state index contributed by atoms with van der Waals surface area (Å²) in [5, 5.41) is 3.41. The van der Waals surface area contributed by atoms with Gasteiger partial charge in [-0.05, 0) is 18.4 Å². The van der Waals surface area contributed by atoms with E-state index in [0.29, 0.717) is 11.7 Å². The van der Waals surface area contributed by atoms with Gasteiger partial charge in [0.15, 0.2) is 5.89 Å². The second-order valence-electron chi connectivity index (χ2n) is 3.18. The van der Waals surface area contributed by atoms with Gasteiger partial charge < -0.3 is 4.42 Å². The van der Waals surface area contributed by atoms with Gasteiger partial charge in [-0.2, -0.15) is 0 Å². The van der Waals surface area contributed by atoms with Gasteiger partial charge in [-0.15, -0.1) is 0 Å². The zero-order valence-electron chi connectivity index (χ0n) is 7.18. The Morgan fingerprint density at radius 2 is 2.54 bits per heavy atom. The minimum Gasteiger partial charge on any atom is -0.445 e. The van der Waals surface area contributed by atoms with Crippen LogP contribution >= 0.6 is 0 Å². The molecule has 2 rings (SSSR count). The molecule has 0 aliphatic heterocycles. The molecule has 0 saturated heterocycles. The molecule has 1 aliphatic rings. The molecule has 0 atom stereocenters. The second-order valence-corrected chi connectivity index (χ2v) is 3.18. The van der Waals surface area contributed by atoms with Crippen molar-refractivity contribution < 1.29 is 4.42 Å². The van der Waals surface area contributed by atoms with Crippen LogP contribution in [0.15, 0.2) is 15.7 Å². The second kappa shape index (κ2) is 3.49.